The van der Waals surface area contributed by atoms with Crippen molar-refractivity contribution in [1.82, 2.24) is 10.2 Å². The van der Waals surface area contributed by atoms with Crippen molar-refractivity contribution in [3.05, 3.63) is 0 Å². The highest BCUT2D eigenvalue weighted by molar-refractivity contribution is 5.78. The molecule has 1 unspecified atom stereocenters. The van der Waals surface area contributed by atoms with Gasteiger partial charge in [0.1, 0.15) is 0 Å². The summed E-state index contributed by atoms with van der Waals surface area (Å²) in [5.41, 5.74) is 0. The molecule has 15 heavy (non-hydrogen) atoms. The summed E-state index contributed by atoms with van der Waals surface area (Å²) < 4.78 is 0. The van der Waals surface area contributed by atoms with Crippen LogP contribution in [0.4, 0.5) is 0 Å². The van der Waals surface area contributed by atoms with Crippen LogP contribution in [0.3, 0.4) is 0 Å². The van der Waals surface area contributed by atoms with Crippen LogP contribution in [-0.2, 0) is 4.79 Å². The van der Waals surface area contributed by atoms with E-state index in [1.54, 1.807) is 0 Å². The maximum Gasteiger partial charge on any atom is 0.236 e. The molecule has 1 atom stereocenters. The van der Waals surface area contributed by atoms with Gasteiger partial charge in [0, 0.05) is 13.1 Å². The lowest BCUT2D eigenvalue weighted by molar-refractivity contribution is -0.130. The molecule has 0 saturated carbocycles. The minimum absolute atomic E-state index is 0.180. The fourth-order valence-electron chi connectivity index (χ4n) is 1.87. The second kappa shape index (κ2) is 6.47. The van der Waals surface area contributed by atoms with Crippen LogP contribution in [0.1, 0.15) is 26.2 Å². The molecule has 1 fully saturated rings. The summed E-state index contributed by atoms with van der Waals surface area (Å²) in [6.45, 7) is 4.90. The molecular formula is C12H20N2O. The van der Waals surface area contributed by atoms with Gasteiger partial charge in [-0.25, -0.2) is 0 Å². The molecule has 0 aliphatic carbocycles. The van der Waals surface area contributed by atoms with E-state index in [4.69, 9.17) is 6.42 Å². The van der Waals surface area contributed by atoms with Crippen LogP contribution in [0.25, 0.3) is 0 Å². The summed E-state index contributed by atoms with van der Waals surface area (Å²) in [7, 11) is 0. The third kappa shape index (κ3) is 4.35. The van der Waals surface area contributed by atoms with Gasteiger partial charge in [-0.15, -0.1) is 6.42 Å². The van der Waals surface area contributed by atoms with Crippen LogP contribution in [0, 0.1) is 18.3 Å². The summed E-state index contributed by atoms with van der Waals surface area (Å²) in [6, 6.07) is 0. The fraction of sp³-hybridized carbons (Fsp3) is 0.750. The standard InChI is InChI=1S/C12H20N2O/c1-3-7-13-10-12(15)14-8-4-5-11(2)6-9-14/h1,11,13H,4-10H2,2H3. The quantitative estimate of drug-likeness (QED) is 0.551. The van der Waals surface area contributed by atoms with E-state index in [1.807, 2.05) is 4.90 Å². The first-order valence-electron chi connectivity index (χ1n) is 5.66. The molecule has 3 heteroatoms. The Bertz CT molecular complexity index is 244. The second-order valence-corrected chi connectivity index (χ2v) is 4.22. The first-order valence-corrected chi connectivity index (χ1v) is 5.66. The van der Waals surface area contributed by atoms with E-state index in [0.717, 1.165) is 31.8 Å². The average Bonchev–Trinajstić information content (AvgIpc) is 2.43. The zero-order valence-corrected chi connectivity index (χ0v) is 9.46. The first kappa shape index (κ1) is 12.1. The highest BCUT2D eigenvalue weighted by Crippen LogP contribution is 2.16. The van der Waals surface area contributed by atoms with Crippen molar-refractivity contribution in [2.24, 2.45) is 5.92 Å². The number of carbonyl (C=O) groups excluding carboxylic acids is 1. The van der Waals surface area contributed by atoms with Gasteiger partial charge >= 0.3 is 0 Å². The summed E-state index contributed by atoms with van der Waals surface area (Å²) in [4.78, 5) is 13.7. The highest BCUT2D eigenvalue weighted by Gasteiger charge is 2.17. The molecular weight excluding hydrogens is 188 g/mol. The molecule has 1 saturated heterocycles. The number of likely N-dealkylation sites (tertiary alicyclic amines) is 1. The fourth-order valence-corrected chi connectivity index (χ4v) is 1.87. The molecule has 1 amide bonds. The van der Waals surface area contributed by atoms with Gasteiger partial charge in [-0.2, -0.15) is 0 Å². The SMILES string of the molecule is C#CCNCC(=O)N1CCCC(C)CC1. The molecule has 0 aromatic rings. The molecule has 0 aromatic heterocycles. The van der Waals surface area contributed by atoms with Crippen molar-refractivity contribution in [3.63, 3.8) is 0 Å². The second-order valence-electron chi connectivity index (χ2n) is 4.22. The maximum atomic E-state index is 11.7. The minimum atomic E-state index is 0.180. The highest BCUT2D eigenvalue weighted by atomic mass is 16.2. The number of nitrogens with zero attached hydrogens (tertiary/aromatic N) is 1. The van der Waals surface area contributed by atoms with E-state index in [0.29, 0.717) is 13.1 Å². The molecule has 0 radical (unpaired) electrons. The van der Waals surface area contributed by atoms with Gasteiger partial charge < -0.3 is 4.90 Å². The van der Waals surface area contributed by atoms with Gasteiger partial charge in [0.15, 0.2) is 0 Å². The summed E-state index contributed by atoms with van der Waals surface area (Å²) in [6.07, 6.45) is 8.59. The molecule has 1 aliphatic rings. The van der Waals surface area contributed by atoms with E-state index >= 15 is 0 Å². The van der Waals surface area contributed by atoms with Gasteiger partial charge in [0.05, 0.1) is 13.1 Å². The monoisotopic (exact) mass is 208 g/mol. The topological polar surface area (TPSA) is 32.3 Å². The molecule has 1 N–H and O–H groups in total. The Labute approximate surface area is 92.2 Å². The predicted octanol–water partition coefficient (Wildman–Crippen LogP) is 0.858. The van der Waals surface area contributed by atoms with E-state index in [9.17, 15) is 4.79 Å². The van der Waals surface area contributed by atoms with Crippen molar-refractivity contribution in [1.29, 1.82) is 0 Å². The van der Waals surface area contributed by atoms with Crippen molar-refractivity contribution in [2.75, 3.05) is 26.2 Å². The summed E-state index contributed by atoms with van der Waals surface area (Å²) in [5, 5.41) is 2.94. The van der Waals surface area contributed by atoms with Crippen LogP contribution in [0.5, 0.6) is 0 Å². The number of terminal acetylenes is 1. The zero-order valence-electron chi connectivity index (χ0n) is 9.46. The molecule has 84 valence electrons. The van der Waals surface area contributed by atoms with Gasteiger partial charge in [-0.05, 0) is 25.2 Å². The van der Waals surface area contributed by atoms with E-state index in [1.165, 1.54) is 6.42 Å². The van der Waals surface area contributed by atoms with E-state index in [-0.39, 0.29) is 5.91 Å². The van der Waals surface area contributed by atoms with Crippen molar-refractivity contribution in [2.45, 2.75) is 26.2 Å². The normalized spacial score (nSPS) is 21.9. The number of carbonyl (C=O) groups is 1. The molecule has 0 bridgehead atoms. The lowest BCUT2D eigenvalue weighted by Gasteiger charge is -2.20. The Kier molecular flexibility index (Phi) is 5.20. The third-order valence-corrected chi connectivity index (χ3v) is 2.87. The van der Waals surface area contributed by atoms with Crippen molar-refractivity contribution in [3.8, 4) is 12.3 Å². The Morgan fingerprint density at radius 2 is 2.33 bits per heavy atom. The lowest BCUT2D eigenvalue weighted by Crippen LogP contribution is -2.38. The number of hydrogen-bond acceptors (Lipinski definition) is 2. The van der Waals surface area contributed by atoms with Gasteiger partial charge in [-0.3, -0.25) is 10.1 Å². The van der Waals surface area contributed by atoms with Gasteiger partial charge in [-0.1, -0.05) is 12.8 Å². The molecule has 1 rings (SSSR count). The average molecular weight is 208 g/mol. The van der Waals surface area contributed by atoms with Crippen molar-refractivity contribution >= 4 is 5.91 Å². The smallest absolute Gasteiger partial charge is 0.236 e. The van der Waals surface area contributed by atoms with Crippen LogP contribution in [0.2, 0.25) is 0 Å². The predicted molar refractivity (Wildman–Crippen MR) is 61.3 cm³/mol. The van der Waals surface area contributed by atoms with Gasteiger partial charge in [0.2, 0.25) is 5.91 Å². The Morgan fingerprint density at radius 1 is 1.53 bits per heavy atom. The Hall–Kier alpha value is -1.01. The number of amides is 1. The first-order chi connectivity index (χ1) is 7.24. The van der Waals surface area contributed by atoms with Gasteiger partial charge in [0.25, 0.3) is 0 Å². The maximum absolute atomic E-state index is 11.7. The Balaban J connectivity index is 2.29. The third-order valence-electron chi connectivity index (χ3n) is 2.87. The lowest BCUT2D eigenvalue weighted by atomic mass is 10.0. The molecule has 1 heterocycles. The van der Waals surface area contributed by atoms with Crippen LogP contribution in [-0.4, -0.2) is 37.0 Å². The minimum Gasteiger partial charge on any atom is -0.342 e. The Morgan fingerprint density at radius 3 is 3.07 bits per heavy atom. The van der Waals surface area contributed by atoms with E-state index < -0.39 is 0 Å². The van der Waals surface area contributed by atoms with Crippen molar-refractivity contribution < 1.29 is 4.79 Å². The largest absolute Gasteiger partial charge is 0.342 e. The summed E-state index contributed by atoms with van der Waals surface area (Å²) >= 11 is 0. The zero-order chi connectivity index (χ0) is 11.1. The van der Waals surface area contributed by atoms with E-state index in [2.05, 4.69) is 18.2 Å². The molecule has 0 aromatic carbocycles. The van der Waals surface area contributed by atoms with Crippen LogP contribution < -0.4 is 5.32 Å². The molecule has 3 nitrogen and oxygen atoms in total. The number of rotatable bonds is 3. The van der Waals surface area contributed by atoms with Crippen LogP contribution >= 0.6 is 0 Å². The number of hydrogen-bond donors (Lipinski definition) is 1. The summed E-state index contributed by atoms with van der Waals surface area (Å²) in [5.74, 6) is 3.39. The molecule has 1 aliphatic heterocycles. The number of nitrogens with one attached hydrogen (secondary N) is 1. The molecule has 0 spiro atoms. The van der Waals surface area contributed by atoms with Crippen LogP contribution in [0.15, 0.2) is 0 Å².